The molecule has 1 aliphatic rings. The maximum atomic E-state index is 5.64. The van der Waals surface area contributed by atoms with E-state index < -0.39 is 0 Å². The molecule has 21 heavy (non-hydrogen) atoms. The number of benzene rings is 1. The highest BCUT2D eigenvalue weighted by Crippen LogP contribution is 2.31. The molecule has 1 atom stereocenters. The summed E-state index contributed by atoms with van der Waals surface area (Å²) in [5.74, 6) is 1.69. The second-order valence-electron chi connectivity index (χ2n) is 5.36. The molecule has 0 saturated carbocycles. The molecule has 4 heteroatoms. The van der Waals surface area contributed by atoms with Gasteiger partial charge < -0.3 is 9.47 Å². The van der Waals surface area contributed by atoms with E-state index in [2.05, 4.69) is 42.1 Å². The molecular weight excluding hydrogens is 264 g/mol. The molecular formula is C17H20N2O2. The maximum absolute atomic E-state index is 5.64. The minimum Gasteiger partial charge on any atom is -0.486 e. The van der Waals surface area contributed by atoms with Crippen LogP contribution in [0, 0.1) is 0 Å². The zero-order valence-electron chi connectivity index (χ0n) is 12.5. The van der Waals surface area contributed by atoms with Gasteiger partial charge in [0.25, 0.3) is 0 Å². The highest BCUT2D eigenvalue weighted by molar-refractivity contribution is 5.43. The van der Waals surface area contributed by atoms with Crippen LogP contribution >= 0.6 is 0 Å². The number of fused-ring (bicyclic) bond motifs is 1. The largest absolute Gasteiger partial charge is 0.486 e. The van der Waals surface area contributed by atoms with Gasteiger partial charge in [0, 0.05) is 25.0 Å². The Bertz CT molecular complexity index is 601. The van der Waals surface area contributed by atoms with Crippen LogP contribution in [0.4, 0.5) is 0 Å². The monoisotopic (exact) mass is 284 g/mol. The van der Waals surface area contributed by atoms with Crippen LogP contribution in [0.15, 0.2) is 42.7 Å². The Balaban J connectivity index is 1.71. The van der Waals surface area contributed by atoms with Crippen LogP contribution in [0.25, 0.3) is 0 Å². The number of hydrogen-bond acceptors (Lipinski definition) is 4. The van der Waals surface area contributed by atoms with Gasteiger partial charge in [-0.25, -0.2) is 0 Å². The number of aromatic nitrogens is 1. The molecule has 3 rings (SSSR count). The summed E-state index contributed by atoms with van der Waals surface area (Å²) in [4.78, 5) is 6.48. The van der Waals surface area contributed by atoms with Crippen molar-refractivity contribution in [1.29, 1.82) is 0 Å². The second-order valence-corrected chi connectivity index (χ2v) is 5.36. The molecule has 0 bridgehead atoms. The molecule has 0 radical (unpaired) electrons. The number of pyridine rings is 1. The van der Waals surface area contributed by atoms with Crippen LogP contribution < -0.4 is 9.47 Å². The van der Waals surface area contributed by atoms with Crippen molar-refractivity contribution < 1.29 is 9.47 Å². The first-order chi connectivity index (χ1) is 10.2. The lowest BCUT2D eigenvalue weighted by Gasteiger charge is -2.26. The zero-order valence-corrected chi connectivity index (χ0v) is 12.5. The van der Waals surface area contributed by atoms with E-state index in [0.717, 1.165) is 18.0 Å². The Labute approximate surface area is 125 Å². The summed E-state index contributed by atoms with van der Waals surface area (Å²) in [5.41, 5.74) is 2.44. The van der Waals surface area contributed by atoms with Crippen molar-refractivity contribution in [3.05, 3.63) is 53.9 Å². The average Bonchev–Trinajstić information content (AvgIpc) is 2.55. The van der Waals surface area contributed by atoms with E-state index in [1.54, 1.807) is 6.20 Å². The van der Waals surface area contributed by atoms with Crippen LogP contribution in [0.1, 0.15) is 24.1 Å². The molecule has 2 heterocycles. The molecule has 1 aromatic carbocycles. The van der Waals surface area contributed by atoms with Crippen molar-refractivity contribution in [3.63, 3.8) is 0 Å². The fourth-order valence-electron chi connectivity index (χ4n) is 2.49. The van der Waals surface area contributed by atoms with Crippen molar-refractivity contribution in [2.24, 2.45) is 0 Å². The summed E-state index contributed by atoms with van der Waals surface area (Å²) < 4.78 is 11.2. The van der Waals surface area contributed by atoms with Gasteiger partial charge in [-0.2, -0.15) is 0 Å². The lowest BCUT2D eigenvalue weighted by molar-refractivity contribution is 0.171. The van der Waals surface area contributed by atoms with Crippen molar-refractivity contribution >= 4 is 0 Å². The van der Waals surface area contributed by atoms with Crippen molar-refractivity contribution in [3.8, 4) is 11.5 Å². The standard InChI is InChI=1S/C17H20N2O2/c1-13(15-4-3-7-18-11-15)19(2)12-14-5-6-16-17(10-14)21-9-8-20-16/h3-7,10-11,13H,8-9,12H2,1-2H3/t13-/m0/s1. The fourth-order valence-corrected chi connectivity index (χ4v) is 2.49. The number of nitrogens with zero attached hydrogens (tertiary/aromatic N) is 2. The molecule has 2 aromatic rings. The molecule has 110 valence electrons. The van der Waals surface area contributed by atoms with E-state index in [1.807, 2.05) is 18.3 Å². The minimum atomic E-state index is 0.312. The van der Waals surface area contributed by atoms with E-state index in [1.165, 1.54) is 11.1 Å². The first kappa shape index (κ1) is 13.9. The van der Waals surface area contributed by atoms with E-state index in [9.17, 15) is 0 Å². The van der Waals surface area contributed by atoms with Crippen LogP contribution in [0.3, 0.4) is 0 Å². The molecule has 0 amide bonds. The van der Waals surface area contributed by atoms with Crippen molar-refractivity contribution in [1.82, 2.24) is 9.88 Å². The SMILES string of the molecule is C[C@@H](c1cccnc1)N(C)Cc1ccc2c(c1)OCCO2. The van der Waals surface area contributed by atoms with Crippen LogP contribution in [-0.4, -0.2) is 30.1 Å². The molecule has 4 nitrogen and oxygen atoms in total. The van der Waals surface area contributed by atoms with E-state index in [0.29, 0.717) is 19.3 Å². The van der Waals surface area contributed by atoms with Crippen molar-refractivity contribution in [2.75, 3.05) is 20.3 Å². The lowest BCUT2D eigenvalue weighted by atomic mass is 10.1. The first-order valence-electron chi connectivity index (χ1n) is 7.23. The van der Waals surface area contributed by atoms with Gasteiger partial charge in [0.1, 0.15) is 13.2 Å². The van der Waals surface area contributed by atoms with Crippen molar-refractivity contribution in [2.45, 2.75) is 19.5 Å². The third-order valence-electron chi connectivity index (χ3n) is 3.87. The van der Waals surface area contributed by atoms with Gasteiger partial charge in [-0.1, -0.05) is 12.1 Å². The topological polar surface area (TPSA) is 34.6 Å². The Morgan fingerprint density at radius 3 is 2.76 bits per heavy atom. The highest BCUT2D eigenvalue weighted by atomic mass is 16.6. The third-order valence-corrected chi connectivity index (χ3v) is 3.87. The molecule has 0 N–H and O–H groups in total. The third kappa shape index (κ3) is 3.16. The summed E-state index contributed by atoms with van der Waals surface area (Å²) in [6.45, 7) is 4.30. The molecule has 0 aliphatic carbocycles. The van der Waals surface area contributed by atoms with E-state index >= 15 is 0 Å². The molecule has 0 fully saturated rings. The zero-order chi connectivity index (χ0) is 14.7. The van der Waals surface area contributed by atoms with Gasteiger partial charge in [0.2, 0.25) is 0 Å². The van der Waals surface area contributed by atoms with Gasteiger partial charge in [0.05, 0.1) is 0 Å². The predicted molar refractivity (Wildman–Crippen MR) is 81.6 cm³/mol. The molecule has 0 saturated heterocycles. The average molecular weight is 284 g/mol. The highest BCUT2D eigenvalue weighted by Gasteiger charge is 2.15. The summed E-state index contributed by atoms with van der Waals surface area (Å²) in [6.07, 6.45) is 3.72. The van der Waals surface area contributed by atoms with Gasteiger partial charge in [-0.15, -0.1) is 0 Å². The predicted octanol–water partition coefficient (Wildman–Crippen LogP) is 3.05. The number of ether oxygens (including phenoxy) is 2. The summed E-state index contributed by atoms with van der Waals surface area (Å²) in [6, 6.07) is 10.6. The molecule has 0 spiro atoms. The smallest absolute Gasteiger partial charge is 0.161 e. The Morgan fingerprint density at radius 2 is 2.00 bits per heavy atom. The number of rotatable bonds is 4. The van der Waals surface area contributed by atoms with Crippen LogP contribution in [0.5, 0.6) is 11.5 Å². The molecule has 1 aromatic heterocycles. The first-order valence-corrected chi connectivity index (χ1v) is 7.23. The summed E-state index contributed by atoms with van der Waals surface area (Å²) in [5, 5.41) is 0. The van der Waals surface area contributed by atoms with E-state index in [4.69, 9.17) is 9.47 Å². The Morgan fingerprint density at radius 1 is 1.19 bits per heavy atom. The Kier molecular flexibility index (Phi) is 4.06. The van der Waals surface area contributed by atoms with Gasteiger partial charge in [-0.05, 0) is 43.3 Å². The second kappa shape index (κ2) is 6.14. The lowest BCUT2D eigenvalue weighted by Crippen LogP contribution is -2.22. The van der Waals surface area contributed by atoms with Gasteiger partial charge >= 0.3 is 0 Å². The van der Waals surface area contributed by atoms with Crippen LogP contribution in [-0.2, 0) is 6.54 Å². The Hall–Kier alpha value is -2.07. The van der Waals surface area contributed by atoms with Gasteiger partial charge in [-0.3, -0.25) is 9.88 Å². The van der Waals surface area contributed by atoms with Crippen LogP contribution in [0.2, 0.25) is 0 Å². The van der Waals surface area contributed by atoms with Gasteiger partial charge in [0.15, 0.2) is 11.5 Å². The normalized spacial score (nSPS) is 15.0. The fraction of sp³-hybridized carbons (Fsp3) is 0.353. The minimum absolute atomic E-state index is 0.312. The maximum Gasteiger partial charge on any atom is 0.161 e. The van der Waals surface area contributed by atoms with E-state index in [-0.39, 0.29) is 0 Å². The number of hydrogen-bond donors (Lipinski definition) is 0. The summed E-state index contributed by atoms with van der Waals surface area (Å²) >= 11 is 0. The quantitative estimate of drug-likeness (QED) is 0.864. The molecule has 0 unspecified atom stereocenters. The summed E-state index contributed by atoms with van der Waals surface area (Å²) in [7, 11) is 2.12. The molecule has 1 aliphatic heterocycles.